The third-order valence-corrected chi connectivity index (χ3v) is 2.46. The Balaban J connectivity index is 2.54. The highest BCUT2D eigenvalue weighted by atomic mass is 79.9. The van der Waals surface area contributed by atoms with Crippen molar-refractivity contribution >= 4 is 21.6 Å². The molecule has 0 radical (unpaired) electrons. The molecule has 1 aliphatic rings. The van der Waals surface area contributed by atoms with Crippen LogP contribution in [0.4, 0.5) is 0 Å². The van der Waals surface area contributed by atoms with Gasteiger partial charge in [-0.25, -0.2) is 0 Å². The Morgan fingerprint density at radius 3 is 3.08 bits per heavy atom. The first-order valence-corrected chi connectivity index (χ1v) is 4.74. The van der Waals surface area contributed by atoms with E-state index >= 15 is 0 Å². The molecule has 0 spiro atoms. The molecule has 0 saturated carbocycles. The molecule has 1 aliphatic heterocycles. The fraction of sp³-hybridized carbons (Fsp3) is 0.222. The highest BCUT2D eigenvalue weighted by molar-refractivity contribution is 9.10. The molecule has 0 saturated heterocycles. The molecule has 0 amide bonds. The minimum Gasteiger partial charge on any atom is -0.492 e. The van der Waals surface area contributed by atoms with Crippen LogP contribution in [0.15, 0.2) is 27.8 Å². The number of halogens is 1. The van der Waals surface area contributed by atoms with Crippen molar-refractivity contribution in [2.45, 2.75) is 6.42 Å². The van der Waals surface area contributed by atoms with E-state index in [1.807, 2.05) is 18.2 Å². The fourth-order valence-corrected chi connectivity index (χ4v) is 1.71. The molecule has 2 rings (SSSR count). The highest BCUT2D eigenvalue weighted by Gasteiger charge is 2.16. The quantitative estimate of drug-likeness (QED) is 0.560. The van der Waals surface area contributed by atoms with Crippen molar-refractivity contribution in [1.29, 1.82) is 0 Å². The summed E-state index contributed by atoms with van der Waals surface area (Å²) in [7, 11) is 0. The van der Waals surface area contributed by atoms with Gasteiger partial charge >= 0.3 is 0 Å². The second-order valence-corrected chi connectivity index (χ2v) is 3.70. The summed E-state index contributed by atoms with van der Waals surface area (Å²) >= 11 is 3.35. The van der Waals surface area contributed by atoms with Crippen molar-refractivity contribution in [1.82, 2.24) is 0 Å². The Labute approximate surface area is 84.1 Å². The molecular weight excluding hydrogens is 234 g/mol. The van der Waals surface area contributed by atoms with Crippen molar-refractivity contribution in [2.75, 3.05) is 6.61 Å². The number of hydrogen-bond donors (Lipinski definition) is 1. The van der Waals surface area contributed by atoms with Gasteiger partial charge in [0.1, 0.15) is 5.75 Å². The summed E-state index contributed by atoms with van der Waals surface area (Å²) < 4.78 is 6.35. The average Bonchev–Trinajstić information content (AvgIpc) is 2.17. The van der Waals surface area contributed by atoms with E-state index in [4.69, 9.17) is 9.94 Å². The predicted molar refractivity (Wildman–Crippen MR) is 52.6 cm³/mol. The third kappa shape index (κ3) is 1.54. The third-order valence-electron chi connectivity index (χ3n) is 1.97. The maximum Gasteiger partial charge on any atom is 0.128 e. The van der Waals surface area contributed by atoms with E-state index in [0.29, 0.717) is 18.7 Å². The Kier molecular flexibility index (Phi) is 2.22. The first-order chi connectivity index (χ1) is 6.31. The number of fused-ring (bicyclic) bond motifs is 1. The number of ether oxygens (including phenoxy) is 1. The van der Waals surface area contributed by atoms with Crippen LogP contribution < -0.4 is 4.74 Å². The lowest BCUT2D eigenvalue weighted by Crippen LogP contribution is -2.16. The van der Waals surface area contributed by atoms with Gasteiger partial charge in [0.2, 0.25) is 0 Å². The van der Waals surface area contributed by atoms with Crippen LogP contribution in [-0.2, 0) is 0 Å². The van der Waals surface area contributed by atoms with E-state index < -0.39 is 0 Å². The van der Waals surface area contributed by atoms with Gasteiger partial charge in [-0.3, -0.25) is 0 Å². The van der Waals surface area contributed by atoms with Crippen LogP contribution in [-0.4, -0.2) is 17.5 Å². The van der Waals surface area contributed by atoms with Crippen LogP contribution in [0.25, 0.3) is 0 Å². The smallest absolute Gasteiger partial charge is 0.128 e. The Morgan fingerprint density at radius 2 is 2.31 bits per heavy atom. The molecule has 13 heavy (non-hydrogen) atoms. The Morgan fingerprint density at radius 1 is 1.46 bits per heavy atom. The Hall–Kier alpha value is -1.03. The van der Waals surface area contributed by atoms with Crippen LogP contribution in [0.5, 0.6) is 5.75 Å². The van der Waals surface area contributed by atoms with Gasteiger partial charge in [0.25, 0.3) is 0 Å². The van der Waals surface area contributed by atoms with Gasteiger partial charge in [-0.15, -0.1) is 0 Å². The van der Waals surface area contributed by atoms with Gasteiger partial charge < -0.3 is 9.94 Å². The molecular formula is C9H8BrNO2. The van der Waals surface area contributed by atoms with Crippen LogP contribution in [0.2, 0.25) is 0 Å². The largest absolute Gasteiger partial charge is 0.492 e. The zero-order chi connectivity index (χ0) is 9.26. The molecule has 0 bridgehead atoms. The second kappa shape index (κ2) is 3.38. The molecule has 0 atom stereocenters. The molecule has 1 N–H and O–H groups in total. The number of oxime groups is 1. The van der Waals surface area contributed by atoms with Crippen LogP contribution in [0.3, 0.4) is 0 Å². The second-order valence-electron chi connectivity index (χ2n) is 2.79. The maximum atomic E-state index is 8.75. The first-order valence-electron chi connectivity index (χ1n) is 3.95. The lowest BCUT2D eigenvalue weighted by Gasteiger charge is -2.17. The molecule has 1 aromatic rings. The summed E-state index contributed by atoms with van der Waals surface area (Å²) in [5.41, 5.74) is 1.55. The molecule has 0 unspecified atom stereocenters. The summed E-state index contributed by atoms with van der Waals surface area (Å²) in [4.78, 5) is 0. The summed E-state index contributed by atoms with van der Waals surface area (Å²) in [5.74, 6) is 0.780. The molecule has 0 aromatic heterocycles. The van der Waals surface area contributed by atoms with Crippen molar-refractivity contribution in [2.24, 2.45) is 5.16 Å². The average molecular weight is 242 g/mol. The summed E-state index contributed by atoms with van der Waals surface area (Å²) in [6.45, 7) is 0.577. The minimum atomic E-state index is 0.577. The lowest BCUT2D eigenvalue weighted by atomic mass is 10.0. The van der Waals surface area contributed by atoms with Gasteiger partial charge in [0.15, 0.2) is 0 Å². The molecule has 3 nitrogen and oxygen atoms in total. The fourth-order valence-electron chi connectivity index (χ4n) is 1.35. The monoisotopic (exact) mass is 241 g/mol. The molecule has 4 heteroatoms. The number of benzene rings is 1. The number of rotatable bonds is 0. The van der Waals surface area contributed by atoms with Crippen LogP contribution in [0, 0.1) is 0 Å². The van der Waals surface area contributed by atoms with E-state index in [-0.39, 0.29) is 0 Å². The van der Waals surface area contributed by atoms with E-state index in [0.717, 1.165) is 15.8 Å². The van der Waals surface area contributed by atoms with E-state index in [1.54, 1.807) is 0 Å². The number of hydrogen-bond acceptors (Lipinski definition) is 3. The van der Waals surface area contributed by atoms with E-state index in [2.05, 4.69) is 21.1 Å². The van der Waals surface area contributed by atoms with Crippen molar-refractivity contribution in [3.05, 3.63) is 28.2 Å². The summed E-state index contributed by atoms with van der Waals surface area (Å²) in [6, 6.07) is 5.66. The van der Waals surface area contributed by atoms with Gasteiger partial charge in [-0.1, -0.05) is 21.1 Å². The van der Waals surface area contributed by atoms with Crippen molar-refractivity contribution in [3.63, 3.8) is 0 Å². The highest BCUT2D eigenvalue weighted by Crippen LogP contribution is 2.27. The standard InChI is InChI=1S/C9H8BrNO2/c10-6-1-2-9-7(5-6)8(11-12)3-4-13-9/h1-2,5,12H,3-4H2/b11-8+. The zero-order valence-electron chi connectivity index (χ0n) is 6.83. The molecule has 68 valence electrons. The van der Waals surface area contributed by atoms with Crippen molar-refractivity contribution < 1.29 is 9.94 Å². The van der Waals surface area contributed by atoms with Gasteiger partial charge in [0, 0.05) is 16.5 Å². The van der Waals surface area contributed by atoms with Gasteiger partial charge in [0.05, 0.1) is 12.3 Å². The normalized spacial score (nSPS) is 18.1. The maximum absolute atomic E-state index is 8.75. The predicted octanol–water partition coefficient (Wildman–Crippen LogP) is 2.41. The molecule has 1 heterocycles. The zero-order valence-corrected chi connectivity index (χ0v) is 8.41. The van der Waals surface area contributed by atoms with Crippen molar-refractivity contribution in [3.8, 4) is 5.75 Å². The summed E-state index contributed by atoms with van der Waals surface area (Å²) in [6.07, 6.45) is 0.653. The summed E-state index contributed by atoms with van der Waals surface area (Å²) in [5, 5.41) is 12.0. The first kappa shape index (κ1) is 8.56. The van der Waals surface area contributed by atoms with Gasteiger partial charge in [-0.05, 0) is 18.2 Å². The van der Waals surface area contributed by atoms with Gasteiger partial charge in [-0.2, -0.15) is 0 Å². The number of nitrogens with zero attached hydrogens (tertiary/aromatic N) is 1. The lowest BCUT2D eigenvalue weighted by molar-refractivity contribution is 0.298. The van der Waals surface area contributed by atoms with Crippen LogP contribution in [0.1, 0.15) is 12.0 Å². The SMILES string of the molecule is O/N=C1\CCOc2ccc(Br)cc21. The van der Waals surface area contributed by atoms with Crippen LogP contribution >= 0.6 is 15.9 Å². The topological polar surface area (TPSA) is 41.8 Å². The van der Waals surface area contributed by atoms with E-state index in [9.17, 15) is 0 Å². The minimum absolute atomic E-state index is 0.577. The van der Waals surface area contributed by atoms with E-state index in [1.165, 1.54) is 0 Å². The molecule has 0 fully saturated rings. The molecule has 1 aromatic carbocycles. The molecule has 0 aliphatic carbocycles. The Bertz CT molecular complexity index is 363.